The maximum Gasteiger partial charge on any atom is 0.117 e. The number of likely N-dealkylation sites (tertiary alicyclic amines) is 1. The molecule has 24 heavy (non-hydrogen) atoms. The van der Waals surface area contributed by atoms with Gasteiger partial charge in [0.15, 0.2) is 0 Å². The Morgan fingerprint density at radius 2 is 2.12 bits per heavy atom. The fraction of sp³-hybridized carbons (Fsp3) is 0.550. The quantitative estimate of drug-likeness (QED) is 0.841. The van der Waals surface area contributed by atoms with E-state index in [4.69, 9.17) is 4.42 Å². The Hall–Kier alpha value is -1.65. The Balaban J connectivity index is 1.32. The van der Waals surface area contributed by atoms with E-state index in [1.54, 1.807) is 6.26 Å². The molecule has 1 aliphatic heterocycles. The van der Waals surface area contributed by atoms with E-state index >= 15 is 0 Å². The van der Waals surface area contributed by atoms with Gasteiger partial charge >= 0.3 is 0 Å². The zero-order chi connectivity index (χ0) is 16.4. The molecule has 0 N–H and O–H groups in total. The van der Waals surface area contributed by atoms with Crippen LogP contribution in [0, 0.1) is 5.41 Å². The van der Waals surface area contributed by atoms with Crippen LogP contribution in [0.25, 0.3) is 0 Å². The molecule has 0 radical (unpaired) electrons. The number of nitrogens with zero attached hydrogens (tertiary/aromatic N) is 3. The molecular weight excluding hydrogens is 298 g/mol. The van der Waals surface area contributed by atoms with E-state index < -0.39 is 0 Å². The van der Waals surface area contributed by atoms with Gasteiger partial charge in [0.25, 0.3) is 0 Å². The highest BCUT2D eigenvalue weighted by Crippen LogP contribution is 2.51. The van der Waals surface area contributed by atoms with Crippen LogP contribution < -0.4 is 0 Å². The third-order valence-corrected chi connectivity index (χ3v) is 6.12. The highest BCUT2D eigenvalue weighted by Gasteiger charge is 2.49. The van der Waals surface area contributed by atoms with Gasteiger partial charge < -0.3 is 4.42 Å². The highest BCUT2D eigenvalue weighted by atomic mass is 16.3. The number of piperidine rings is 1. The lowest BCUT2D eigenvalue weighted by atomic mass is 9.58. The second-order valence-corrected chi connectivity index (χ2v) is 7.55. The SMILES string of the molecule is CN(Cc1ccco1)[C@H]1CCC12CCN(Cc1cccnc1)CC2. The van der Waals surface area contributed by atoms with Crippen LogP contribution in [0.3, 0.4) is 0 Å². The van der Waals surface area contributed by atoms with Gasteiger partial charge in [0.05, 0.1) is 12.8 Å². The van der Waals surface area contributed by atoms with Crippen LogP contribution in [0.5, 0.6) is 0 Å². The van der Waals surface area contributed by atoms with Crippen molar-refractivity contribution in [1.29, 1.82) is 0 Å². The average Bonchev–Trinajstić information content (AvgIpc) is 3.08. The summed E-state index contributed by atoms with van der Waals surface area (Å²) >= 11 is 0. The van der Waals surface area contributed by atoms with Crippen LogP contribution in [-0.4, -0.2) is 41.0 Å². The van der Waals surface area contributed by atoms with Crippen molar-refractivity contribution in [1.82, 2.24) is 14.8 Å². The molecule has 1 aliphatic carbocycles. The fourth-order valence-corrected chi connectivity index (χ4v) is 4.62. The topological polar surface area (TPSA) is 32.5 Å². The van der Waals surface area contributed by atoms with Gasteiger partial charge in [0.2, 0.25) is 0 Å². The van der Waals surface area contributed by atoms with Crippen LogP contribution in [0.15, 0.2) is 47.3 Å². The number of hydrogen-bond donors (Lipinski definition) is 0. The summed E-state index contributed by atoms with van der Waals surface area (Å²) in [6.07, 6.45) is 11.0. The molecule has 1 saturated carbocycles. The van der Waals surface area contributed by atoms with Gasteiger partial charge in [-0.1, -0.05) is 6.07 Å². The van der Waals surface area contributed by atoms with Crippen molar-refractivity contribution in [2.24, 2.45) is 5.41 Å². The standard InChI is InChI=1S/C20H27N3O/c1-22(16-18-5-3-13-24-18)19-6-7-20(19)8-11-23(12-9-20)15-17-4-2-10-21-14-17/h2-5,10,13-14,19H,6-9,11-12,15-16H2,1H3/t19-/m0/s1. The summed E-state index contributed by atoms with van der Waals surface area (Å²) in [7, 11) is 2.26. The Morgan fingerprint density at radius 3 is 2.75 bits per heavy atom. The maximum atomic E-state index is 5.53. The molecular formula is C20H27N3O. The summed E-state index contributed by atoms with van der Waals surface area (Å²) in [6, 6.07) is 8.99. The summed E-state index contributed by atoms with van der Waals surface area (Å²) in [5, 5.41) is 0. The fourth-order valence-electron chi connectivity index (χ4n) is 4.62. The van der Waals surface area contributed by atoms with Crippen LogP contribution >= 0.6 is 0 Å². The van der Waals surface area contributed by atoms with Gasteiger partial charge in [-0.15, -0.1) is 0 Å². The van der Waals surface area contributed by atoms with Crippen molar-refractivity contribution >= 4 is 0 Å². The second kappa shape index (κ2) is 6.69. The maximum absolute atomic E-state index is 5.53. The lowest BCUT2D eigenvalue weighted by Crippen LogP contribution is -2.57. The van der Waals surface area contributed by atoms with E-state index in [1.807, 2.05) is 24.5 Å². The van der Waals surface area contributed by atoms with Gasteiger partial charge in [0.1, 0.15) is 5.76 Å². The van der Waals surface area contributed by atoms with Gasteiger partial charge in [0, 0.05) is 25.0 Å². The Bertz CT molecular complexity index is 632. The molecule has 3 heterocycles. The van der Waals surface area contributed by atoms with Gasteiger partial charge in [-0.05, 0) is 75.0 Å². The van der Waals surface area contributed by atoms with Gasteiger partial charge in [-0.25, -0.2) is 0 Å². The summed E-state index contributed by atoms with van der Waals surface area (Å²) in [5.41, 5.74) is 1.86. The lowest BCUT2D eigenvalue weighted by molar-refractivity contribution is -0.0648. The molecule has 0 bridgehead atoms. The summed E-state index contributed by atoms with van der Waals surface area (Å²) in [4.78, 5) is 9.34. The normalized spacial score (nSPS) is 23.5. The summed E-state index contributed by atoms with van der Waals surface area (Å²) < 4.78 is 5.53. The molecule has 4 rings (SSSR count). The molecule has 1 atom stereocenters. The number of hydrogen-bond acceptors (Lipinski definition) is 4. The molecule has 1 spiro atoms. The van der Waals surface area contributed by atoms with E-state index in [1.165, 1.54) is 44.3 Å². The zero-order valence-corrected chi connectivity index (χ0v) is 14.5. The van der Waals surface area contributed by atoms with Crippen LogP contribution in [0.2, 0.25) is 0 Å². The van der Waals surface area contributed by atoms with Crippen molar-refractivity contribution in [2.45, 2.75) is 44.8 Å². The molecule has 1 saturated heterocycles. The Kier molecular flexibility index (Phi) is 4.42. The molecule has 2 aromatic heterocycles. The molecule has 2 aromatic rings. The van der Waals surface area contributed by atoms with E-state index in [0.717, 1.165) is 18.8 Å². The molecule has 0 amide bonds. The Labute approximate surface area is 144 Å². The lowest BCUT2D eigenvalue weighted by Gasteiger charge is -2.57. The molecule has 0 unspecified atom stereocenters. The van der Waals surface area contributed by atoms with Crippen molar-refractivity contribution in [3.8, 4) is 0 Å². The summed E-state index contributed by atoms with van der Waals surface area (Å²) in [5.74, 6) is 1.08. The first-order chi connectivity index (χ1) is 11.8. The molecule has 2 fully saturated rings. The van der Waals surface area contributed by atoms with E-state index in [0.29, 0.717) is 11.5 Å². The number of aromatic nitrogens is 1. The monoisotopic (exact) mass is 325 g/mol. The minimum Gasteiger partial charge on any atom is -0.468 e. The van der Waals surface area contributed by atoms with Crippen LogP contribution in [0.4, 0.5) is 0 Å². The molecule has 128 valence electrons. The van der Waals surface area contributed by atoms with Crippen LogP contribution in [0.1, 0.15) is 37.0 Å². The summed E-state index contributed by atoms with van der Waals surface area (Å²) in [6.45, 7) is 4.38. The van der Waals surface area contributed by atoms with Crippen molar-refractivity contribution in [3.63, 3.8) is 0 Å². The van der Waals surface area contributed by atoms with Crippen molar-refractivity contribution < 1.29 is 4.42 Å². The van der Waals surface area contributed by atoms with E-state index in [9.17, 15) is 0 Å². The number of pyridine rings is 1. The molecule has 0 aromatic carbocycles. The third-order valence-electron chi connectivity index (χ3n) is 6.12. The second-order valence-electron chi connectivity index (χ2n) is 7.55. The first-order valence-electron chi connectivity index (χ1n) is 9.09. The largest absolute Gasteiger partial charge is 0.468 e. The third kappa shape index (κ3) is 3.13. The Morgan fingerprint density at radius 1 is 1.25 bits per heavy atom. The number of furan rings is 1. The van der Waals surface area contributed by atoms with Crippen LogP contribution in [-0.2, 0) is 13.1 Å². The first kappa shape index (κ1) is 15.9. The van der Waals surface area contributed by atoms with Crippen molar-refractivity contribution in [2.75, 3.05) is 20.1 Å². The van der Waals surface area contributed by atoms with Gasteiger partial charge in [-0.2, -0.15) is 0 Å². The zero-order valence-electron chi connectivity index (χ0n) is 14.5. The van der Waals surface area contributed by atoms with Crippen molar-refractivity contribution in [3.05, 3.63) is 54.2 Å². The minimum atomic E-state index is 0.535. The van der Waals surface area contributed by atoms with E-state index in [2.05, 4.69) is 34.0 Å². The minimum absolute atomic E-state index is 0.535. The number of rotatable bonds is 5. The highest BCUT2D eigenvalue weighted by molar-refractivity contribution is 5.10. The van der Waals surface area contributed by atoms with E-state index in [-0.39, 0.29) is 0 Å². The first-order valence-corrected chi connectivity index (χ1v) is 9.09. The van der Waals surface area contributed by atoms with Gasteiger partial charge in [-0.3, -0.25) is 14.8 Å². The molecule has 4 nitrogen and oxygen atoms in total. The molecule has 2 aliphatic rings. The predicted molar refractivity (Wildman–Crippen MR) is 94.4 cm³/mol. The predicted octanol–water partition coefficient (Wildman–Crippen LogP) is 3.55. The molecule has 4 heteroatoms. The smallest absolute Gasteiger partial charge is 0.117 e. The average molecular weight is 325 g/mol.